The second-order valence-corrected chi connectivity index (χ2v) is 5.65. The summed E-state index contributed by atoms with van der Waals surface area (Å²) in [6, 6.07) is 16.3. The van der Waals surface area contributed by atoms with Gasteiger partial charge in [-0.25, -0.2) is 5.48 Å². The fraction of sp³-hybridized carbons (Fsp3) is 0.211. The summed E-state index contributed by atoms with van der Waals surface area (Å²) in [4.78, 5) is 38.1. The molecule has 0 spiro atoms. The minimum Gasteiger partial charge on any atom is -0.295 e. The molecule has 5 nitrogen and oxygen atoms in total. The highest BCUT2D eigenvalue weighted by atomic mass is 16.6. The molecule has 3 rings (SSSR count). The molecule has 1 amide bonds. The molecule has 24 heavy (non-hydrogen) atoms. The monoisotopic (exact) mass is 323 g/mol. The largest absolute Gasteiger partial charge is 0.295 e. The van der Waals surface area contributed by atoms with Gasteiger partial charge in [-0.3, -0.25) is 19.2 Å². The van der Waals surface area contributed by atoms with Crippen LogP contribution in [0.4, 0.5) is 0 Å². The average molecular weight is 323 g/mol. The van der Waals surface area contributed by atoms with Crippen LogP contribution in [0.25, 0.3) is 11.1 Å². The fourth-order valence-electron chi connectivity index (χ4n) is 2.99. The second-order valence-electron chi connectivity index (χ2n) is 5.65. The van der Waals surface area contributed by atoms with Gasteiger partial charge >= 0.3 is 0 Å². The molecular formula is C19H17NO4. The first-order valence-electron chi connectivity index (χ1n) is 7.77. The van der Waals surface area contributed by atoms with E-state index in [-0.39, 0.29) is 25.0 Å². The molecule has 0 fully saturated rings. The molecule has 2 aromatic carbocycles. The first-order valence-corrected chi connectivity index (χ1v) is 7.77. The molecule has 1 aliphatic carbocycles. The van der Waals surface area contributed by atoms with Crippen LogP contribution in [0.2, 0.25) is 0 Å². The van der Waals surface area contributed by atoms with E-state index >= 15 is 0 Å². The van der Waals surface area contributed by atoms with Crippen molar-refractivity contribution in [1.82, 2.24) is 5.48 Å². The van der Waals surface area contributed by atoms with Crippen molar-refractivity contribution in [3.8, 4) is 11.1 Å². The van der Waals surface area contributed by atoms with E-state index in [0.29, 0.717) is 6.61 Å². The summed E-state index contributed by atoms with van der Waals surface area (Å²) in [6.45, 7) is 0.307. The Kier molecular flexibility index (Phi) is 4.82. The van der Waals surface area contributed by atoms with E-state index in [0.717, 1.165) is 0 Å². The molecule has 0 bridgehead atoms. The Morgan fingerprint density at radius 3 is 2.12 bits per heavy atom. The minimum atomic E-state index is -0.594. The smallest absolute Gasteiger partial charge is 0.243 e. The van der Waals surface area contributed by atoms with Gasteiger partial charge in [0.15, 0.2) is 12.1 Å². The molecule has 0 saturated heterocycles. The van der Waals surface area contributed by atoms with Crippen molar-refractivity contribution in [3.05, 3.63) is 59.7 Å². The standard InChI is InChI=1S/C19H17NO4/c21-11-13(22)9-10-19(23)20-24-12-18-16-7-3-1-5-14(16)15-6-2-4-8-17(15)18/h1-8,11,18H,9-10,12H2,(H,20,23). The maximum absolute atomic E-state index is 11.6. The van der Waals surface area contributed by atoms with Gasteiger partial charge in [-0.05, 0) is 22.3 Å². The number of Topliss-reactive ketones (excluding diaryl/α,β-unsaturated/α-hetero) is 1. The lowest BCUT2D eigenvalue weighted by molar-refractivity contribution is -0.136. The van der Waals surface area contributed by atoms with Crippen molar-refractivity contribution in [1.29, 1.82) is 0 Å². The SMILES string of the molecule is O=CC(=O)CCC(=O)NOCC1c2ccccc2-c2ccccc21. The zero-order chi connectivity index (χ0) is 16.9. The van der Waals surface area contributed by atoms with E-state index in [1.807, 2.05) is 24.3 Å². The number of hydrogen-bond donors (Lipinski definition) is 1. The van der Waals surface area contributed by atoms with E-state index in [2.05, 4.69) is 29.7 Å². The van der Waals surface area contributed by atoms with Crippen LogP contribution in [0.15, 0.2) is 48.5 Å². The molecule has 0 saturated carbocycles. The van der Waals surface area contributed by atoms with Gasteiger partial charge in [-0.1, -0.05) is 48.5 Å². The molecule has 2 aromatic rings. The lowest BCUT2D eigenvalue weighted by Gasteiger charge is -2.14. The van der Waals surface area contributed by atoms with Crippen LogP contribution in [0, 0.1) is 0 Å². The third-order valence-corrected chi connectivity index (χ3v) is 4.13. The number of fused-ring (bicyclic) bond motifs is 3. The van der Waals surface area contributed by atoms with Crippen LogP contribution < -0.4 is 5.48 Å². The average Bonchev–Trinajstić information content (AvgIpc) is 2.94. The topological polar surface area (TPSA) is 72.5 Å². The highest BCUT2D eigenvalue weighted by molar-refractivity contribution is 6.25. The Labute approximate surface area is 139 Å². The number of nitrogens with one attached hydrogen (secondary N) is 1. The molecule has 1 N–H and O–H groups in total. The minimum absolute atomic E-state index is 0.0503. The number of carbonyl (C=O) groups excluding carboxylic acids is 3. The molecule has 0 unspecified atom stereocenters. The number of carbonyl (C=O) groups is 3. The van der Waals surface area contributed by atoms with E-state index in [4.69, 9.17) is 4.84 Å². The number of aldehydes is 1. The van der Waals surface area contributed by atoms with Crippen LogP contribution >= 0.6 is 0 Å². The van der Waals surface area contributed by atoms with Gasteiger partial charge in [0.1, 0.15) is 0 Å². The van der Waals surface area contributed by atoms with Gasteiger partial charge in [0, 0.05) is 18.8 Å². The van der Waals surface area contributed by atoms with E-state index in [1.165, 1.54) is 22.3 Å². The summed E-state index contributed by atoms with van der Waals surface area (Å²) in [5, 5.41) is 0. The molecule has 1 aliphatic rings. The molecule has 122 valence electrons. The molecule has 0 atom stereocenters. The van der Waals surface area contributed by atoms with Crippen LogP contribution in [-0.4, -0.2) is 24.6 Å². The number of benzene rings is 2. The lowest BCUT2D eigenvalue weighted by Crippen LogP contribution is -2.26. The van der Waals surface area contributed by atoms with Crippen molar-refractivity contribution in [2.24, 2.45) is 0 Å². The zero-order valence-electron chi connectivity index (χ0n) is 13.0. The van der Waals surface area contributed by atoms with Gasteiger partial charge in [0.05, 0.1) is 6.61 Å². The van der Waals surface area contributed by atoms with Gasteiger partial charge in [-0.2, -0.15) is 0 Å². The number of ketones is 1. The maximum Gasteiger partial charge on any atom is 0.243 e. The summed E-state index contributed by atoms with van der Waals surface area (Å²) < 4.78 is 0. The predicted molar refractivity (Wildman–Crippen MR) is 88.1 cm³/mol. The van der Waals surface area contributed by atoms with E-state index < -0.39 is 11.7 Å². The maximum atomic E-state index is 11.6. The fourth-order valence-corrected chi connectivity index (χ4v) is 2.99. The van der Waals surface area contributed by atoms with Crippen molar-refractivity contribution in [3.63, 3.8) is 0 Å². The summed E-state index contributed by atoms with van der Waals surface area (Å²) >= 11 is 0. The Morgan fingerprint density at radius 2 is 1.54 bits per heavy atom. The number of rotatable bonds is 7. The quantitative estimate of drug-likeness (QED) is 0.482. The summed E-state index contributed by atoms with van der Waals surface area (Å²) in [5.74, 6) is -0.956. The highest BCUT2D eigenvalue weighted by Gasteiger charge is 2.28. The predicted octanol–water partition coefficient (Wildman–Crippen LogP) is 2.39. The van der Waals surface area contributed by atoms with Crippen molar-refractivity contribution in [2.45, 2.75) is 18.8 Å². The number of hydroxylamine groups is 1. The van der Waals surface area contributed by atoms with Gasteiger partial charge in [0.2, 0.25) is 5.91 Å². The van der Waals surface area contributed by atoms with Crippen LogP contribution in [-0.2, 0) is 19.2 Å². The summed E-state index contributed by atoms with van der Waals surface area (Å²) in [6.07, 6.45) is 0.0593. The second kappa shape index (κ2) is 7.19. The molecule has 0 radical (unpaired) electrons. The van der Waals surface area contributed by atoms with Crippen LogP contribution in [0.3, 0.4) is 0 Å². The van der Waals surface area contributed by atoms with Crippen molar-refractivity contribution < 1.29 is 19.2 Å². The molecule has 0 aliphatic heterocycles. The first kappa shape index (κ1) is 16.1. The Balaban J connectivity index is 1.63. The summed E-state index contributed by atoms with van der Waals surface area (Å²) in [5.41, 5.74) is 7.05. The van der Waals surface area contributed by atoms with Gasteiger partial charge in [0.25, 0.3) is 0 Å². The molecular weight excluding hydrogens is 306 g/mol. The third-order valence-electron chi connectivity index (χ3n) is 4.13. The molecule has 5 heteroatoms. The Morgan fingerprint density at radius 1 is 0.958 bits per heavy atom. The van der Waals surface area contributed by atoms with Crippen molar-refractivity contribution >= 4 is 18.0 Å². The van der Waals surface area contributed by atoms with E-state index in [9.17, 15) is 14.4 Å². The Bertz CT molecular complexity index is 739. The lowest BCUT2D eigenvalue weighted by atomic mass is 9.98. The van der Waals surface area contributed by atoms with Crippen LogP contribution in [0.1, 0.15) is 29.9 Å². The third kappa shape index (κ3) is 3.26. The van der Waals surface area contributed by atoms with E-state index in [1.54, 1.807) is 0 Å². The Hall–Kier alpha value is -2.79. The van der Waals surface area contributed by atoms with Crippen molar-refractivity contribution in [2.75, 3.05) is 6.61 Å². The molecule has 0 aromatic heterocycles. The van der Waals surface area contributed by atoms with Gasteiger partial charge in [-0.15, -0.1) is 0 Å². The highest BCUT2D eigenvalue weighted by Crippen LogP contribution is 2.44. The molecule has 0 heterocycles. The zero-order valence-corrected chi connectivity index (χ0v) is 13.0. The number of hydrogen-bond acceptors (Lipinski definition) is 4. The van der Waals surface area contributed by atoms with Crippen LogP contribution in [0.5, 0.6) is 0 Å². The summed E-state index contributed by atoms with van der Waals surface area (Å²) in [7, 11) is 0. The first-order chi connectivity index (χ1) is 11.7. The number of amides is 1. The van der Waals surface area contributed by atoms with Gasteiger partial charge < -0.3 is 0 Å². The normalized spacial score (nSPS) is 12.3.